The van der Waals surface area contributed by atoms with Crippen LogP contribution in [0, 0.1) is 0 Å². The molecule has 3 nitrogen and oxygen atoms in total. The maximum absolute atomic E-state index is 5.82. The maximum atomic E-state index is 5.82. The van der Waals surface area contributed by atoms with Crippen LogP contribution in [-0.4, -0.2) is 24.2 Å². The molecule has 0 aromatic carbocycles. The van der Waals surface area contributed by atoms with E-state index in [1.165, 1.54) is 34.8 Å². The topological polar surface area (TPSA) is 34.1 Å². The van der Waals surface area contributed by atoms with E-state index in [-0.39, 0.29) is 0 Å². The molecular formula is C15H26N2OS. The average Bonchev–Trinajstić information content (AvgIpc) is 2.80. The van der Waals surface area contributed by atoms with E-state index in [4.69, 9.17) is 9.72 Å². The average molecular weight is 282 g/mol. The summed E-state index contributed by atoms with van der Waals surface area (Å²) in [5.41, 5.74) is 1.27. The second-order valence-corrected chi connectivity index (χ2v) is 6.71. The minimum Gasteiger partial charge on any atom is -0.378 e. The molecule has 1 aliphatic heterocycles. The van der Waals surface area contributed by atoms with Crippen molar-refractivity contribution < 1.29 is 4.74 Å². The summed E-state index contributed by atoms with van der Waals surface area (Å²) in [7, 11) is 0. The molecule has 1 saturated heterocycles. The van der Waals surface area contributed by atoms with Gasteiger partial charge >= 0.3 is 0 Å². The van der Waals surface area contributed by atoms with Crippen LogP contribution in [0.25, 0.3) is 0 Å². The standard InChI is InChI=1S/C15H26N2OS/c1-4-16-10-13-15(11(2)3)17-14(19-13)9-12-7-5-6-8-18-12/h11-12,16H,4-10H2,1-3H3. The monoisotopic (exact) mass is 282 g/mol. The molecule has 108 valence electrons. The lowest BCUT2D eigenvalue weighted by Crippen LogP contribution is -2.21. The van der Waals surface area contributed by atoms with Crippen molar-refractivity contribution >= 4 is 11.3 Å². The Hall–Kier alpha value is -0.450. The van der Waals surface area contributed by atoms with Gasteiger partial charge < -0.3 is 10.1 Å². The first-order valence-corrected chi connectivity index (χ1v) is 8.33. The summed E-state index contributed by atoms with van der Waals surface area (Å²) in [5.74, 6) is 0.505. The van der Waals surface area contributed by atoms with Gasteiger partial charge in [-0.15, -0.1) is 11.3 Å². The lowest BCUT2D eigenvalue weighted by molar-refractivity contribution is 0.0167. The molecule has 0 radical (unpaired) electrons. The van der Waals surface area contributed by atoms with Gasteiger partial charge in [-0.1, -0.05) is 20.8 Å². The van der Waals surface area contributed by atoms with E-state index in [2.05, 4.69) is 26.1 Å². The van der Waals surface area contributed by atoms with E-state index in [1.807, 2.05) is 11.3 Å². The molecule has 0 bridgehead atoms. The molecule has 2 rings (SSSR count). The highest BCUT2D eigenvalue weighted by Crippen LogP contribution is 2.27. The number of nitrogens with zero attached hydrogens (tertiary/aromatic N) is 1. The highest BCUT2D eigenvalue weighted by atomic mass is 32.1. The van der Waals surface area contributed by atoms with Gasteiger partial charge in [-0.2, -0.15) is 0 Å². The molecule has 1 aromatic rings. The van der Waals surface area contributed by atoms with E-state index >= 15 is 0 Å². The smallest absolute Gasteiger partial charge is 0.0957 e. The molecule has 1 N–H and O–H groups in total. The first-order chi connectivity index (χ1) is 9.20. The Kier molecular flexibility index (Phi) is 5.79. The zero-order chi connectivity index (χ0) is 13.7. The van der Waals surface area contributed by atoms with Gasteiger partial charge in [0.05, 0.1) is 16.8 Å². The van der Waals surface area contributed by atoms with E-state index in [0.29, 0.717) is 12.0 Å². The normalized spacial score (nSPS) is 20.1. The van der Waals surface area contributed by atoms with E-state index < -0.39 is 0 Å². The van der Waals surface area contributed by atoms with Crippen LogP contribution in [0.2, 0.25) is 0 Å². The molecule has 1 aliphatic rings. The number of rotatable bonds is 6. The molecule has 1 unspecified atom stereocenters. The molecule has 1 aromatic heterocycles. The van der Waals surface area contributed by atoms with Crippen LogP contribution in [0.15, 0.2) is 0 Å². The fraction of sp³-hybridized carbons (Fsp3) is 0.800. The predicted octanol–water partition coefficient (Wildman–Crippen LogP) is 3.49. The summed E-state index contributed by atoms with van der Waals surface area (Å²) in [4.78, 5) is 6.26. The summed E-state index contributed by atoms with van der Waals surface area (Å²) in [6.45, 7) is 9.49. The van der Waals surface area contributed by atoms with Crippen LogP contribution < -0.4 is 5.32 Å². The van der Waals surface area contributed by atoms with Crippen LogP contribution in [0.4, 0.5) is 0 Å². The molecule has 1 fully saturated rings. The van der Waals surface area contributed by atoms with Crippen molar-refractivity contribution in [2.75, 3.05) is 13.2 Å². The van der Waals surface area contributed by atoms with Crippen LogP contribution in [0.1, 0.15) is 61.5 Å². The van der Waals surface area contributed by atoms with Gasteiger partial charge in [0.15, 0.2) is 0 Å². The third-order valence-electron chi connectivity index (χ3n) is 3.53. The Morgan fingerprint density at radius 3 is 2.89 bits per heavy atom. The Bertz CT molecular complexity index is 383. The highest BCUT2D eigenvalue weighted by molar-refractivity contribution is 7.11. The summed E-state index contributed by atoms with van der Waals surface area (Å²) in [6, 6.07) is 0. The lowest BCUT2D eigenvalue weighted by atomic mass is 10.1. The minimum absolute atomic E-state index is 0.395. The van der Waals surface area contributed by atoms with E-state index in [9.17, 15) is 0 Å². The molecule has 0 amide bonds. The van der Waals surface area contributed by atoms with Gasteiger partial charge in [-0.3, -0.25) is 0 Å². The Balaban J connectivity index is 2.03. The molecule has 4 heteroatoms. The fourth-order valence-electron chi connectivity index (χ4n) is 2.48. The Labute approximate surface area is 120 Å². The molecule has 0 spiro atoms. The Morgan fingerprint density at radius 2 is 2.26 bits per heavy atom. The van der Waals surface area contributed by atoms with Crippen LogP contribution >= 0.6 is 11.3 Å². The molecule has 1 atom stereocenters. The molecular weight excluding hydrogens is 256 g/mol. The Morgan fingerprint density at radius 1 is 1.42 bits per heavy atom. The number of ether oxygens (including phenoxy) is 1. The van der Waals surface area contributed by atoms with E-state index in [0.717, 1.165) is 26.1 Å². The van der Waals surface area contributed by atoms with Crippen molar-refractivity contribution in [3.63, 3.8) is 0 Å². The lowest BCUT2D eigenvalue weighted by Gasteiger charge is -2.21. The first kappa shape index (κ1) is 14.9. The molecule has 0 saturated carbocycles. The largest absolute Gasteiger partial charge is 0.378 e. The quantitative estimate of drug-likeness (QED) is 0.867. The number of thiazole rings is 1. The maximum Gasteiger partial charge on any atom is 0.0957 e. The minimum atomic E-state index is 0.395. The van der Waals surface area contributed by atoms with E-state index in [1.54, 1.807) is 0 Å². The van der Waals surface area contributed by atoms with Crippen molar-refractivity contribution in [1.82, 2.24) is 10.3 Å². The van der Waals surface area contributed by atoms with Gasteiger partial charge in [-0.05, 0) is 31.7 Å². The van der Waals surface area contributed by atoms with Gasteiger partial charge in [0, 0.05) is 24.4 Å². The second kappa shape index (κ2) is 7.36. The third kappa shape index (κ3) is 4.26. The highest BCUT2D eigenvalue weighted by Gasteiger charge is 2.19. The van der Waals surface area contributed by atoms with Gasteiger partial charge in [0.1, 0.15) is 0 Å². The van der Waals surface area contributed by atoms with Crippen LogP contribution in [0.5, 0.6) is 0 Å². The SMILES string of the molecule is CCNCc1sc(CC2CCCCO2)nc1C(C)C. The summed E-state index contributed by atoms with van der Waals surface area (Å²) in [6.07, 6.45) is 5.11. The predicted molar refractivity (Wildman–Crippen MR) is 80.9 cm³/mol. The molecule has 2 heterocycles. The first-order valence-electron chi connectivity index (χ1n) is 7.51. The van der Waals surface area contributed by atoms with Gasteiger partial charge in [-0.25, -0.2) is 4.98 Å². The van der Waals surface area contributed by atoms with Gasteiger partial charge in [0.25, 0.3) is 0 Å². The van der Waals surface area contributed by atoms with Gasteiger partial charge in [0.2, 0.25) is 0 Å². The zero-order valence-electron chi connectivity index (χ0n) is 12.4. The van der Waals surface area contributed by atoms with Crippen molar-refractivity contribution in [2.24, 2.45) is 0 Å². The summed E-state index contributed by atoms with van der Waals surface area (Å²) in [5, 5.41) is 4.67. The molecule has 19 heavy (non-hydrogen) atoms. The fourth-order valence-corrected chi connectivity index (χ4v) is 3.74. The molecule has 0 aliphatic carbocycles. The second-order valence-electron chi connectivity index (χ2n) is 5.54. The number of aromatic nitrogens is 1. The van der Waals surface area contributed by atoms with Crippen molar-refractivity contribution in [2.45, 2.75) is 65.0 Å². The zero-order valence-corrected chi connectivity index (χ0v) is 13.2. The number of nitrogens with one attached hydrogen (secondary N) is 1. The summed E-state index contributed by atoms with van der Waals surface area (Å²) < 4.78 is 5.82. The van der Waals surface area contributed by atoms with Crippen molar-refractivity contribution in [3.8, 4) is 0 Å². The van der Waals surface area contributed by atoms with Crippen molar-refractivity contribution in [1.29, 1.82) is 0 Å². The van der Waals surface area contributed by atoms with Crippen LogP contribution in [-0.2, 0) is 17.7 Å². The third-order valence-corrected chi connectivity index (χ3v) is 4.62. The number of hydrogen-bond donors (Lipinski definition) is 1. The van der Waals surface area contributed by atoms with Crippen LogP contribution in [0.3, 0.4) is 0 Å². The summed E-state index contributed by atoms with van der Waals surface area (Å²) >= 11 is 1.87. The number of hydrogen-bond acceptors (Lipinski definition) is 4. The van der Waals surface area contributed by atoms with Crippen molar-refractivity contribution in [3.05, 3.63) is 15.6 Å².